The molecule has 4 saturated carbocycles. The van der Waals surface area contributed by atoms with Gasteiger partial charge < -0.3 is 4.84 Å². The van der Waals surface area contributed by atoms with E-state index in [1.54, 1.807) is 11.1 Å². The Hall–Kier alpha value is -1.83. The number of hydrogen-bond acceptors (Lipinski definition) is 2. The molecule has 24 heavy (non-hydrogen) atoms. The molecule has 4 bridgehead atoms. The third-order valence-corrected chi connectivity index (χ3v) is 7.12. The first kappa shape index (κ1) is 13.5. The van der Waals surface area contributed by atoms with Crippen LogP contribution in [0.1, 0.15) is 37.7 Å². The zero-order chi connectivity index (χ0) is 15.7. The van der Waals surface area contributed by atoms with Gasteiger partial charge in [-0.05, 0) is 67.4 Å². The van der Waals surface area contributed by atoms with Crippen LogP contribution >= 0.6 is 0 Å². The molecule has 0 radical (unpaired) electrons. The van der Waals surface area contributed by atoms with E-state index in [0.717, 1.165) is 29.4 Å². The third-order valence-electron chi connectivity index (χ3n) is 7.12. The van der Waals surface area contributed by atoms with E-state index >= 15 is 0 Å². The summed E-state index contributed by atoms with van der Waals surface area (Å²) in [4.78, 5) is 5.78. The Morgan fingerprint density at radius 3 is 2.29 bits per heavy atom. The first-order valence-corrected chi connectivity index (χ1v) is 9.58. The van der Waals surface area contributed by atoms with Crippen molar-refractivity contribution in [1.82, 2.24) is 0 Å². The first-order valence-electron chi connectivity index (χ1n) is 9.58. The van der Waals surface area contributed by atoms with E-state index in [1.807, 2.05) is 0 Å². The fourth-order valence-corrected chi connectivity index (χ4v) is 6.44. The molecule has 6 aliphatic rings. The molecule has 0 N–H and O–H groups in total. The zero-order valence-corrected chi connectivity index (χ0v) is 13.9. The quantitative estimate of drug-likeness (QED) is 0.734. The van der Waals surface area contributed by atoms with Gasteiger partial charge >= 0.3 is 0 Å². The summed E-state index contributed by atoms with van der Waals surface area (Å²) in [7, 11) is 0. The van der Waals surface area contributed by atoms with Crippen molar-refractivity contribution in [2.24, 2.45) is 34.7 Å². The molecule has 0 aromatic heterocycles. The van der Waals surface area contributed by atoms with Gasteiger partial charge in [-0.1, -0.05) is 47.1 Å². The lowest BCUT2D eigenvalue weighted by molar-refractivity contribution is 0.0668. The van der Waals surface area contributed by atoms with Crippen LogP contribution in [0.2, 0.25) is 0 Å². The topological polar surface area (TPSA) is 21.6 Å². The summed E-state index contributed by atoms with van der Waals surface area (Å²) in [5.41, 5.74) is 5.71. The molecule has 1 aliphatic heterocycles. The summed E-state index contributed by atoms with van der Waals surface area (Å²) in [6, 6.07) is 10.6. The highest BCUT2D eigenvalue weighted by Crippen LogP contribution is 2.58. The van der Waals surface area contributed by atoms with Gasteiger partial charge in [0, 0.05) is 5.56 Å². The maximum absolute atomic E-state index is 5.78. The van der Waals surface area contributed by atoms with Gasteiger partial charge in [0.15, 0.2) is 6.10 Å². The van der Waals surface area contributed by atoms with Gasteiger partial charge in [-0.3, -0.25) is 0 Å². The molecule has 4 fully saturated rings. The van der Waals surface area contributed by atoms with E-state index in [0.29, 0.717) is 5.92 Å². The number of allylic oxidation sites excluding steroid dienone is 2. The van der Waals surface area contributed by atoms with Gasteiger partial charge in [0.1, 0.15) is 0 Å². The molecule has 2 heteroatoms. The van der Waals surface area contributed by atoms with Crippen molar-refractivity contribution in [3.63, 3.8) is 0 Å². The smallest absolute Gasteiger partial charge is 0.158 e. The maximum atomic E-state index is 5.78. The summed E-state index contributed by atoms with van der Waals surface area (Å²) < 4.78 is 0. The van der Waals surface area contributed by atoms with Crippen LogP contribution in [0.25, 0.3) is 0 Å². The highest BCUT2D eigenvalue weighted by Gasteiger charge is 2.49. The minimum absolute atomic E-state index is 0.125. The average molecular weight is 317 g/mol. The molecule has 2 atom stereocenters. The van der Waals surface area contributed by atoms with Crippen LogP contribution < -0.4 is 0 Å². The van der Waals surface area contributed by atoms with Crippen molar-refractivity contribution in [3.8, 4) is 0 Å². The summed E-state index contributed by atoms with van der Waals surface area (Å²) >= 11 is 0. The van der Waals surface area contributed by atoms with E-state index in [-0.39, 0.29) is 6.10 Å². The minimum atomic E-state index is 0.125. The number of rotatable bonds is 1. The normalized spacial score (nSPS) is 41.6. The Morgan fingerprint density at radius 1 is 0.875 bits per heavy atom. The Kier molecular flexibility index (Phi) is 2.72. The van der Waals surface area contributed by atoms with Gasteiger partial charge in [0.2, 0.25) is 0 Å². The fourth-order valence-electron chi connectivity index (χ4n) is 6.44. The van der Waals surface area contributed by atoms with Crippen LogP contribution in [-0.2, 0) is 4.84 Å². The molecule has 7 rings (SSSR count). The van der Waals surface area contributed by atoms with Crippen molar-refractivity contribution in [2.45, 2.75) is 38.2 Å². The summed E-state index contributed by atoms with van der Waals surface area (Å²) in [5.74, 6) is 4.05. The molecule has 5 aliphatic carbocycles. The average Bonchev–Trinajstić information content (AvgIpc) is 3.17. The lowest BCUT2D eigenvalue weighted by Gasteiger charge is -2.52. The highest BCUT2D eigenvalue weighted by atomic mass is 16.6. The largest absolute Gasteiger partial charge is 0.387 e. The van der Waals surface area contributed by atoms with Crippen LogP contribution in [0, 0.1) is 29.6 Å². The molecule has 0 saturated heterocycles. The van der Waals surface area contributed by atoms with Gasteiger partial charge in [-0.2, -0.15) is 0 Å². The number of nitrogens with zero attached hydrogens (tertiary/aromatic N) is 1. The standard InChI is InChI=1S/C22H23NO/c1-2-4-15(5-3-1)22-21-18(6-7-19(21)24-23-22)20-16-9-13-8-14(11-16)12-17(20)10-13/h1-7,13-14,16-17,19,21H,8-12H2/t13?,14?,16?,17?,19-,21+/m0/s1. The van der Waals surface area contributed by atoms with Gasteiger partial charge in [0.25, 0.3) is 0 Å². The SMILES string of the molecule is C1=C[C@@H]2ON=C(c3ccccc3)[C@@H]2C1=C1C2CC3CC(C2)CC1C3. The number of benzene rings is 1. The van der Waals surface area contributed by atoms with E-state index in [1.165, 1.54) is 37.7 Å². The molecule has 0 spiro atoms. The predicted molar refractivity (Wildman–Crippen MR) is 94.6 cm³/mol. The molecule has 1 heterocycles. The Bertz CT molecular complexity index is 742. The van der Waals surface area contributed by atoms with Crippen LogP contribution in [0.4, 0.5) is 0 Å². The van der Waals surface area contributed by atoms with Gasteiger partial charge in [0.05, 0.1) is 11.6 Å². The Morgan fingerprint density at radius 2 is 1.58 bits per heavy atom. The van der Waals surface area contributed by atoms with Crippen molar-refractivity contribution >= 4 is 5.71 Å². The summed E-state index contributed by atoms with van der Waals surface area (Å²) in [6.45, 7) is 0. The maximum Gasteiger partial charge on any atom is 0.158 e. The lowest BCUT2D eigenvalue weighted by atomic mass is 9.53. The second kappa shape index (κ2) is 4.84. The van der Waals surface area contributed by atoms with E-state index in [4.69, 9.17) is 4.84 Å². The van der Waals surface area contributed by atoms with Crippen molar-refractivity contribution in [2.75, 3.05) is 0 Å². The Labute approximate surface area is 143 Å². The second-order valence-electron chi connectivity index (χ2n) is 8.46. The zero-order valence-electron chi connectivity index (χ0n) is 13.9. The minimum Gasteiger partial charge on any atom is -0.387 e. The fraction of sp³-hybridized carbons (Fsp3) is 0.500. The molecule has 122 valence electrons. The lowest BCUT2D eigenvalue weighted by Crippen LogP contribution is -2.41. The summed E-state index contributed by atoms with van der Waals surface area (Å²) in [6.07, 6.45) is 12.0. The molecular formula is C22H23NO. The third kappa shape index (κ3) is 1.80. The van der Waals surface area contributed by atoms with Crippen LogP contribution in [0.3, 0.4) is 0 Å². The monoisotopic (exact) mass is 317 g/mol. The first-order chi connectivity index (χ1) is 11.9. The van der Waals surface area contributed by atoms with E-state index in [2.05, 4.69) is 47.6 Å². The molecule has 1 aromatic rings. The summed E-state index contributed by atoms with van der Waals surface area (Å²) in [5, 5.41) is 4.48. The van der Waals surface area contributed by atoms with Gasteiger partial charge in [-0.25, -0.2) is 0 Å². The predicted octanol–water partition coefficient (Wildman–Crippen LogP) is 4.73. The van der Waals surface area contributed by atoms with Crippen LogP contribution in [0.15, 0.2) is 58.8 Å². The number of hydrogen-bond donors (Lipinski definition) is 0. The van der Waals surface area contributed by atoms with Crippen molar-refractivity contribution < 1.29 is 4.84 Å². The highest BCUT2D eigenvalue weighted by molar-refractivity contribution is 6.05. The molecule has 1 aromatic carbocycles. The van der Waals surface area contributed by atoms with Crippen molar-refractivity contribution in [1.29, 1.82) is 0 Å². The molecular weight excluding hydrogens is 294 g/mol. The second-order valence-corrected chi connectivity index (χ2v) is 8.46. The van der Waals surface area contributed by atoms with Crippen LogP contribution in [0.5, 0.6) is 0 Å². The van der Waals surface area contributed by atoms with Crippen molar-refractivity contribution in [3.05, 3.63) is 59.2 Å². The number of fused-ring (bicyclic) bond motifs is 1. The molecule has 0 amide bonds. The van der Waals surface area contributed by atoms with E-state index < -0.39 is 0 Å². The number of oxime groups is 1. The van der Waals surface area contributed by atoms with Crippen LogP contribution in [-0.4, -0.2) is 11.8 Å². The van der Waals surface area contributed by atoms with Gasteiger partial charge in [-0.15, -0.1) is 0 Å². The molecule has 0 unspecified atom stereocenters. The van der Waals surface area contributed by atoms with E-state index in [9.17, 15) is 0 Å². The Balaban J connectivity index is 1.43. The molecule has 2 nitrogen and oxygen atoms in total.